The predicted octanol–water partition coefficient (Wildman–Crippen LogP) is 8.43. The molecule has 0 radical (unpaired) electrons. The number of benzene rings is 6. The highest BCUT2D eigenvalue weighted by molar-refractivity contribution is 5.74. The van der Waals surface area contributed by atoms with Gasteiger partial charge in [0.15, 0.2) is 23.9 Å². The van der Waals surface area contributed by atoms with E-state index in [1.807, 2.05) is 127 Å². The van der Waals surface area contributed by atoms with Gasteiger partial charge in [-0.05, 0) is 46.5 Å². The van der Waals surface area contributed by atoms with E-state index < -0.39 is 0 Å². The minimum Gasteiger partial charge on any atom is -0.458 e. The van der Waals surface area contributed by atoms with Crippen molar-refractivity contribution in [3.05, 3.63) is 195 Å². The number of imidazole rings is 2. The quantitative estimate of drug-likeness (QED) is 0.117. The van der Waals surface area contributed by atoms with Crippen LogP contribution in [0.4, 0.5) is 0 Å². The smallest absolute Gasteiger partial charge is 0.227 e. The molecule has 0 bridgehead atoms. The highest BCUT2D eigenvalue weighted by atomic mass is 16.5. The van der Waals surface area contributed by atoms with Crippen molar-refractivity contribution in [2.24, 2.45) is 0 Å². The minimum absolute atomic E-state index is 0.651. The van der Waals surface area contributed by atoms with E-state index >= 15 is 0 Å². The zero-order valence-corrected chi connectivity index (χ0v) is 29.3. The monoisotopic (exact) mass is 710 g/mol. The van der Waals surface area contributed by atoms with Crippen LogP contribution in [0.15, 0.2) is 183 Å². The van der Waals surface area contributed by atoms with Crippen molar-refractivity contribution in [1.82, 2.24) is 29.1 Å². The summed E-state index contributed by atoms with van der Waals surface area (Å²) in [5.41, 5.74) is 10.6. The van der Waals surface area contributed by atoms with E-state index in [-0.39, 0.29) is 0 Å². The van der Waals surface area contributed by atoms with Gasteiger partial charge in [0.25, 0.3) is 0 Å². The van der Waals surface area contributed by atoms with Crippen LogP contribution in [0, 0.1) is 12.7 Å². The van der Waals surface area contributed by atoms with Gasteiger partial charge in [-0.25, -0.2) is 0 Å². The van der Waals surface area contributed by atoms with Crippen LogP contribution < -0.4 is 13.9 Å². The van der Waals surface area contributed by atoms with Crippen LogP contribution in [0.3, 0.4) is 0 Å². The highest BCUT2D eigenvalue weighted by Gasteiger charge is 2.18. The third kappa shape index (κ3) is 5.86. The standard InChI is InChI=1S/C46H30N8O/c1-3-13-33(14-4-1)39-21-7-9-23-41(39)53-31-51(43-45(53)49-27-25-47-43)35-17-11-19-37(29-35)55-38-20-12-18-36(30-38)52-32-54(46-44(52)48-26-28-50-46)42-24-10-8-22-40(42)34-15-5-2-6-16-34/h1-30H. The molecule has 0 fully saturated rings. The van der Waals surface area contributed by atoms with Crippen molar-refractivity contribution in [3.63, 3.8) is 0 Å². The second-order valence-corrected chi connectivity index (χ2v) is 12.8. The molecule has 6 aromatic carbocycles. The Labute approximate surface area is 316 Å². The zero-order chi connectivity index (χ0) is 36.6. The van der Waals surface area contributed by atoms with Crippen molar-refractivity contribution in [2.45, 2.75) is 0 Å². The summed E-state index contributed by atoms with van der Waals surface area (Å²) < 4.78 is 14.3. The van der Waals surface area contributed by atoms with Gasteiger partial charge in [-0.2, -0.15) is 9.97 Å². The van der Waals surface area contributed by atoms with Crippen LogP contribution in [0.5, 0.6) is 11.5 Å². The lowest BCUT2D eigenvalue weighted by molar-refractivity contribution is -0.574. The lowest BCUT2D eigenvalue weighted by atomic mass is 10.0. The first kappa shape index (κ1) is 31.9. The summed E-state index contributed by atoms with van der Waals surface area (Å²) in [6.45, 7) is 0. The van der Waals surface area contributed by atoms with Gasteiger partial charge in [0.05, 0.1) is 12.4 Å². The molecule has 0 saturated heterocycles. The third-order valence-corrected chi connectivity index (χ3v) is 9.41. The molecule has 9 nitrogen and oxygen atoms in total. The molecule has 0 N–H and O–H groups in total. The Kier molecular flexibility index (Phi) is 7.92. The molecule has 0 amide bonds. The summed E-state index contributed by atoms with van der Waals surface area (Å²) in [4.78, 5) is 18.9. The van der Waals surface area contributed by atoms with E-state index in [2.05, 4.69) is 61.2 Å². The Morgan fingerprint density at radius 3 is 1.31 bits per heavy atom. The summed E-state index contributed by atoms with van der Waals surface area (Å²) in [6.07, 6.45) is 13.9. The fraction of sp³-hybridized carbons (Fsp3) is 0. The molecule has 0 unspecified atom stereocenters. The molecule has 0 aliphatic carbocycles. The summed E-state index contributed by atoms with van der Waals surface area (Å²) in [5.74, 6) is 1.30. The normalized spacial score (nSPS) is 11.3. The number of para-hydroxylation sites is 2. The molecule has 10 aromatic rings. The summed E-state index contributed by atoms with van der Waals surface area (Å²) >= 11 is 0. The van der Waals surface area contributed by atoms with E-state index in [9.17, 15) is 0 Å². The summed E-state index contributed by atoms with van der Waals surface area (Å²) in [6, 6.07) is 52.9. The summed E-state index contributed by atoms with van der Waals surface area (Å²) in [7, 11) is 0. The van der Waals surface area contributed by atoms with Crippen LogP contribution >= 0.6 is 0 Å². The molecule has 4 aromatic heterocycles. The second-order valence-electron chi connectivity index (χ2n) is 12.8. The van der Waals surface area contributed by atoms with Gasteiger partial charge in [-0.15, -0.1) is 0 Å². The molecular formula is C46H30N8O. The van der Waals surface area contributed by atoms with Crippen LogP contribution in [-0.4, -0.2) is 29.1 Å². The Morgan fingerprint density at radius 2 is 0.836 bits per heavy atom. The molecule has 9 heteroatoms. The molecule has 10 rings (SSSR count). The Morgan fingerprint density at radius 1 is 0.418 bits per heavy atom. The second kappa shape index (κ2) is 13.6. The van der Waals surface area contributed by atoms with Gasteiger partial charge in [-0.3, -0.25) is 19.1 Å². The van der Waals surface area contributed by atoms with Crippen molar-refractivity contribution in [3.8, 4) is 56.5 Å². The fourth-order valence-corrected chi connectivity index (χ4v) is 6.93. The first-order valence-corrected chi connectivity index (χ1v) is 17.8. The molecule has 0 aliphatic heterocycles. The molecule has 260 valence electrons. The van der Waals surface area contributed by atoms with Gasteiger partial charge < -0.3 is 13.9 Å². The number of hydrogen-bond acceptors (Lipinski definition) is 5. The van der Waals surface area contributed by atoms with Gasteiger partial charge in [0.1, 0.15) is 23.9 Å². The maximum absolute atomic E-state index is 6.52. The lowest BCUT2D eigenvalue weighted by Crippen LogP contribution is -2.31. The van der Waals surface area contributed by atoms with E-state index in [0.29, 0.717) is 34.1 Å². The number of nitrogens with zero attached hydrogens (tertiary/aromatic N) is 8. The van der Waals surface area contributed by atoms with Crippen molar-refractivity contribution in [2.75, 3.05) is 0 Å². The van der Waals surface area contributed by atoms with Crippen LogP contribution in [0.1, 0.15) is 0 Å². The average molecular weight is 711 g/mol. The topological polar surface area (TPSA) is 78.4 Å². The summed E-state index contributed by atoms with van der Waals surface area (Å²) in [5, 5.41) is 0. The largest absolute Gasteiger partial charge is 0.458 e. The molecule has 4 heterocycles. The number of ether oxygens (including phenoxy) is 1. The van der Waals surface area contributed by atoms with Gasteiger partial charge in [0.2, 0.25) is 11.3 Å². The van der Waals surface area contributed by atoms with Crippen LogP contribution in [0.2, 0.25) is 0 Å². The maximum atomic E-state index is 6.52. The molecular weight excluding hydrogens is 681 g/mol. The van der Waals surface area contributed by atoms with Crippen molar-refractivity contribution < 1.29 is 13.9 Å². The van der Waals surface area contributed by atoms with E-state index in [4.69, 9.17) is 24.7 Å². The van der Waals surface area contributed by atoms with E-state index in [0.717, 1.165) is 45.0 Å². The zero-order valence-electron chi connectivity index (χ0n) is 29.3. The van der Waals surface area contributed by atoms with Crippen molar-refractivity contribution in [1.29, 1.82) is 0 Å². The molecule has 0 saturated carbocycles. The average Bonchev–Trinajstić information content (AvgIpc) is 3.84. The number of aromatic nitrogens is 8. The van der Waals surface area contributed by atoms with E-state index in [1.54, 1.807) is 24.8 Å². The van der Waals surface area contributed by atoms with Gasteiger partial charge >= 0.3 is 0 Å². The van der Waals surface area contributed by atoms with Gasteiger partial charge in [0, 0.05) is 22.7 Å². The lowest BCUT2D eigenvalue weighted by Gasteiger charge is -2.12. The minimum atomic E-state index is 0.651. The Balaban J connectivity index is 1.01. The van der Waals surface area contributed by atoms with Gasteiger partial charge in [-0.1, -0.05) is 133 Å². The maximum Gasteiger partial charge on any atom is 0.227 e. The number of hydrogen-bond donors (Lipinski definition) is 0. The fourth-order valence-electron chi connectivity index (χ4n) is 6.93. The number of rotatable bonds is 8. The first-order valence-electron chi connectivity index (χ1n) is 17.8. The van der Waals surface area contributed by atoms with Crippen LogP contribution in [0.25, 0.3) is 67.6 Å². The Hall–Kier alpha value is -7.78. The molecule has 0 aliphatic rings. The Bertz CT molecular complexity index is 2770. The molecule has 55 heavy (non-hydrogen) atoms. The predicted molar refractivity (Wildman–Crippen MR) is 209 cm³/mol. The number of fused-ring (bicyclic) bond motifs is 2. The van der Waals surface area contributed by atoms with E-state index in [1.165, 1.54) is 0 Å². The highest BCUT2D eigenvalue weighted by Crippen LogP contribution is 2.30. The third-order valence-electron chi connectivity index (χ3n) is 9.41. The molecule has 0 spiro atoms. The molecule has 0 atom stereocenters. The van der Waals surface area contributed by atoms with Crippen molar-refractivity contribution >= 4 is 22.6 Å². The van der Waals surface area contributed by atoms with Crippen LogP contribution in [-0.2, 0) is 0 Å². The SMILES string of the molecule is [c-]1n(-c2cccc(Oc3cccc(-n4[c-][n+](-c5ccccc5-c5ccccc5)c5nccnc54)c3)c2)c2nccnc2[n+]1-c1ccccc1-c1ccccc1. The first-order chi connectivity index (χ1) is 27.3.